The second-order valence-corrected chi connectivity index (χ2v) is 11.0. The van der Waals surface area contributed by atoms with E-state index in [1.165, 1.54) is 10.4 Å². The van der Waals surface area contributed by atoms with Crippen LogP contribution in [0.1, 0.15) is 13.8 Å². The average Bonchev–Trinajstić information content (AvgIpc) is 2.56. The van der Waals surface area contributed by atoms with E-state index in [1.807, 2.05) is 6.08 Å². The van der Waals surface area contributed by atoms with E-state index in [0.29, 0.717) is 11.6 Å². The van der Waals surface area contributed by atoms with Crippen LogP contribution in [0.25, 0.3) is 0 Å². The fraction of sp³-hybridized carbons (Fsp3) is 0.333. The van der Waals surface area contributed by atoms with Gasteiger partial charge in [0.1, 0.15) is 8.07 Å². The maximum Gasteiger partial charge on any atom is 0.132 e. The van der Waals surface area contributed by atoms with Crippen molar-refractivity contribution in [3.8, 4) is 0 Å². The van der Waals surface area contributed by atoms with Gasteiger partial charge in [0.05, 0.1) is 0 Å². The second kappa shape index (κ2) is 7.76. The Morgan fingerprint density at radius 3 is 1.74 bits per heavy atom. The first-order chi connectivity index (χ1) is 11.0. The summed E-state index contributed by atoms with van der Waals surface area (Å²) in [6.07, 6.45) is 2.01. The van der Waals surface area contributed by atoms with Gasteiger partial charge in [-0.05, 0) is 13.0 Å². The Hall–Kier alpha value is -1.64. The van der Waals surface area contributed by atoms with Gasteiger partial charge < -0.3 is 4.90 Å². The summed E-state index contributed by atoms with van der Waals surface area (Å²) in [5.74, 6) is 0.581. The molecule has 2 rings (SSSR count). The van der Waals surface area contributed by atoms with Crippen LogP contribution < -0.4 is 10.4 Å². The van der Waals surface area contributed by atoms with Crippen LogP contribution in [-0.2, 0) is 0 Å². The highest BCUT2D eigenvalue weighted by Gasteiger charge is 2.43. The third-order valence-electron chi connectivity index (χ3n) is 4.86. The van der Waals surface area contributed by atoms with Gasteiger partial charge in [-0.1, -0.05) is 97.5 Å². The van der Waals surface area contributed by atoms with Gasteiger partial charge in [0.25, 0.3) is 0 Å². The Labute approximate surface area is 142 Å². The minimum Gasteiger partial charge on any atom is -0.301 e. The molecule has 2 heteroatoms. The molecule has 0 amide bonds. The highest BCUT2D eigenvalue weighted by Crippen LogP contribution is 2.22. The quantitative estimate of drug-likeness (QED) is 0.556. The first-order valence-corrected chi connectivity index (χ1v) is 11.0. The molecule has 0 aromatic heterocycles. The number of hydrogen-bond acceptors (Lipinski definition) is 1. The minimum absolute atomic E-state index is 0.519. The van der Waals surface area contributed by atoms with Gasteiger partial charge >= 0.3 is 0 Å². The van der Waals surface area contributed by atoms with E-state index >= 15 is 0 Å². The molecule has 0 heterocycles. The first kappa shape index (κ1) is 17.7. The Morgan fingerprint density at radius 1 is 0.957 bits per heavy atom. The summed E-state index contributed by atoms with van der Waals surface area (Å²) in [6, 6.07) is 22.2. The van der Waals surface area contributed by atoms with Crippen LogP contribution in [0.4, 0.5) is 0 Å². The van der Waals surface area contributed by atoms with E-state index in [4.69, 9.17) is 0 Å². The molecule has 1 unspecified atom stereocenters. The van der Waals surface area contributed by atoms with E-state index in [1.54, 1.807) is 0 Å². The first-order valence-electron chi connectivity index (χ1n) is 8.44. The third-order valence-corrected chi connectivity index (χ3v) is 10.2. The summed E-state index contributed by atoms with van der Waals surface area (Å²) >= 11 is 0. The summed E-state index contributed by atoms with van der Waals surface area (Å²) in [4.78, 5) is 2.49. The largest absolute Gasteiger partial charge is 0.301 e. The van der Waals surface area contributed by atoms with Crippen molar-refractivity contribution in [1.29, 1.82) is 0 Å². The maximum absolute atomic E-state index is 3.94. The molecule has 0 aliphatic heterocycles. The summed E-state index contributed by atoms with van der Waals surface area (Å²) in [5, 5.41) is 3.00. The zero-order valence-electron chi connectivity index (χ0n) is 14.9. The normalized spacial score (nSPS) is 13.3. The SMILES string of the molecule is C=CCN(C)C(C(C)C)[Si](C)(c1ccccc1)c1ccccc1. The molecule has 0 aliphatic rings. The molecule has 2 aromatic carbocycles. The molecule has 0 saturated carbocycles. The standard InChI is InChI=1S/C21H29NSi/c1-6-17-22(4)21(18(2)3)23(5,19-13-9-7-10-14-19)20-15-11-8-12-16-20/h6-16,18,21H,1,17H2,2-5H3. The van der Waals surface area contributed by atoms with E-state index in [9.17, 15) is 0 Å². The van der Waals surface area contributed by atoms with Crippen LogP contribution >= 0.6 is 0 Å². The highest BCUT2D eigenvalue weighted by molar-refractivity contribution is 7.02. The molecule has 0 spiro atoms. The average molecular weight is 324 g/mol. The van der Waals surface area contributed by atoms with Crippen molar-refractivity contribution in [3.05, 3.63) is 73.3 Å². The van der Waals surface area contributed by atoms with Crippen LogP contribution in [0.3, 0.4) is 0 Å². The molecule has 1 atom stereocenters. The Morgan fingerprint density at radius 2 is 1.39 bits per heavy atom. The fourth-order valence-electron chi connectivity index (χ4n) is 4.01. The van der Waals surface area contributed by atoms with Gasteiger partial charge in [-0.15, -0.1) is 6.58 Å². The lowest BCUT2D eigenvalue weighted by Gasteiger charge is -2.44. The number of nitrogens with zero attached hydrogens (tertiary/aromatic N) is 1. The molecule has 0 radical (unpaired) electrons. The molecular weight excluding hydrogens is 294 g/mol. The van der Waals surface area contributed by atoms with Crippen LogP contribution in [0, 0.1) is 5.92 Å². The second-order valence-electron chi connectivity index (χ2n) is 6.85. The molecule has 1 nitrogen and oxygen atoms in total. The van der Waals surface area contributed by atoms with E-state index in [0.717, 1.165) is 6.54 Å². The van der Waals surface area contributed by atoms with Crippen LogP contribution in [0.15, 0.2) is 73.3 Å². The lowest BCUT2D eigenvalue weighted by Crippen LogP contribution is -2.70. The van der Waals surface area contributed by atoms with E-state index in [2.05, 4.69) is 99.6 Å². The number of hydrogen-bond donors (Lipinski definition) is 0. The van der Waals surface area contributed by atoms with E-state index in [-0.39, 0.29) is 0 Å². The summed E-state index contributed by atoms with van der Waals surface area (Å²) in [7, 11) is 0.323. The zero-order valence-corrected chi connectivity index (χ0v) is 15.9. The topological polar surface area (TPSA) is 3.24 Å². The predicted octanol–water partition coefficient (Wildman–Crippen LogP) is 3.56. The lowest BCUT2D eigenvalue weighted by molar-refractivity contribution is 0.276. The lowest BCUT2D eigenvalue weighted by atomic mass is 10.2. The third kappa shape index (κ3) is 3.65. The van der Waals surface area contributed by atoms with Crippen molar-refractivity contribution >= 4 is 18.4 Å². The van der Waals surface area contributed by atoms with Crippen molar-refractivity contribution in [2.24, 2.45) is 5.92 Å². The predicted molar refractivity (Wildman–Crippen MR) is 105 cm³/mol. The van der Waals surface area contributed by atoms with Crippen molar-refractivity contribution < 1.29 is 0 Å². The van der Waals surface area contributed by atoms with Gasteiger partial charge in [-0.3, -0.25) is 0 Å². The zero-order chi connectivity index (χ0) is 16.9. The molecule has 0 N–H and O–H groups in total. The van der Waals surface area contributed by atoms with Gasteiger partial charge in [0, 0.05) is 12.2 Å². The number of benzene rings is 2. The summed E-state index contributed by atoms with van der Waals surface area (Å²) in [6.45, 7) is 12.1. The summed E-state index contributed by atoms with van der Waals surface area (Å²) in [5.41, 5.74) is 0.519. The molecule has 0 fully saturated rings. The molecule has 2 aromatic rings. The molecule has 23 heavy (non-hydrogen) atoms. The smallest absolute Gasteiger partial charge is 0.132 e. The van der Waals surface area contributed by atoms with Crippen molar-refractivity contribution in [2.75, 3.05) is 13.6 Å². The Bertz CT molecular complexity index is 567. The molecular formula is C21H29NSi. The van der Waals surface area contributed by atoms with Gasteiger partial charge in [0.15, 0.2) is 0 Å². The molecule has 0 aliphatic carbocycles. The molecule has 0 bridgehead atoms. The number of likely N-dealkylation sites (N-methyl/N-ethyl adjacent to an activating group) is 1. The Kier molecular flexibility index (Phi) is 5.97. The van der Waals surface area contributed by atoms with Crippen molar-refractivity contribution in [1.82, 2.24) is 4.90 Å². The monoisotopic (exact) mass is 323 g/mol. The van der Waals surface area contributed by atoms with Crippen LogP contribution in [-0.4, -0.2) is 32.2 Å². The highest BCUT2D eigenvalue weighted by atomic mass is 28.3. The van der Waals surface area contributed by atoms with Gasteiger partial charge in [-0.2, -0.15) is 0 Å². The van der Waals surface area contributed by atoms with Crippen LogP contribution in [0.5, 0.6) is 0 Å². The van der Waals surface area contributed by atoms with Crippen LogP contribution in [0.2, 0.25) is 6.55 Å². The number of rotatable bonds is 7. The van der Waals surface area contributed by atoms with Crippen molar-refractivity contribution in [3.63, 3.8) is 0 Å². The fourth-order valence-corrected chi connectivity index (χ4v) is 9.12. The van der Waals surface area contributed by atoms with Crippen molar-refractivity contribution in [2.45, 2.75) is 26.1 Å². The van der Waals surface area contributed by atoms with Gasteiger partial charge in [-0.25, -0.2) is 0 Å². The molecule has 122 valence electrons. The molecule has 0 saturated heterocycles. The summed E-state index contributed by atoms with van der Waals surface area (Å²) < 4.78 is 0. The maximum atomic E-state index is 3.94. The van der Waals surface area contributed by atoms with E-state index < -0.39 is 8.07 Å². The van der Waals surface area contributed by atoms with Gasteiger partial charge in [0.2, 0.25) is 0 Å². The minimum atomic E-state index is -1.92. The Balaban J connectivity index is 2.63.